The third-order valence-corrected chi connectivity index (χ3v) is 5.78. The number of fused-ring (bicyclic) bond motifs is 1. The monoisotopic (exact) mass is 414 g/mol. The fraction of sp³-hybridized carbons (Fsp3) is 0.409. The summed E-state index contributed by atoms with van der Waals surface area (Å²) in [6, 6.07) is 4.34. The Hall–Kier alpha value is -3.03. The van der Waals surface area contributed by atoms with Crippen LogP contribution < -0.4 is 14.4 Å². The highest BCUT2D eigenvalue weighted by Gasteiger charge is 2.38. The van der Waals surface area contributed by atoms with E-state index in [1.165, 1.54) is 19.0 Å². The van der Waals surface area contributed by atoms with Crippen molar-refractivity contribution in [3.63, 3.8) is 0 Å². The lowest BCUT2D eigenvalue weighted by Gasteiger charge is -2.19. The third-order valence-electron chi connectivity index (χ3n) is 5.78. The number of rotatable bonds is 6. The van der Waals surface area contributed by atoms with Crippen LogP contribution in [0.2, 0.25) is 0 Å². The second kappa shape index (κ2) is 7.34. The summed E-state index contributed by atoms with van der Waals surface area (Å²) in [5.41, 5.74) is -0.344. The van der Waals surface area contributed by atoms with E-state index in [0.717, 1.165) is 11.0 Å². The summed E-state index contributed by atoms with van der Waals surface area (Å²) >= 11 is 0. The molecule has 0 bridgehead atoms. The number of aromatic nitrogens is 1. The molecule has 5 rings (SSSR count). The Morgan fingerprint density at radius 1 is 1.13 bits per heavy atom. The first-order valence-corrected chi connectivity index (χ1v) is 10.1. The SMILES string of the molecule is O=C1CCc2c(F)cc(N3CCC(Oc4ccc(OCC5CC5)nc4)C3=O)c(F)c21. The van der Waals surface area contributed by atoms with Crippen LogP contribution in [-0.2, 0) is 11.2 Å². The maximum atomic E-state index is 14.9. The average molecular weight is 414 g/mol. The molecule has 1 aromatic heterocycles. The number of benzene rings is 1. The Bertz CT molecular complexity index is 1020. The van der Waals surface area contributed by atoms with Gasteiger partial charge in [0.15, 0.2) is 17.7 Å². The number of ketones is 1. The van der Waals surface area contributed by atoms with Crippen molar-refractivity contribution in [3.05, 3.63) is 47.2 Å². The minimum Gasteiger partial charge on any atom is -0.479 e. The number of carbonyl (C=O) groups excluding carboxylic acids is 2. The zero-order chi connectivity index (χ0) is 20.8. The molecule has 1 saturated carbocycles. The van der Waals surface area contributed by atoms with E-state index < -0.39 is 29.4 Å². The number of halogens is 2. The number of pyridine rings is 1. The molecule has 30 heavy (non-hydrogen) atoms. The molecule has 1 unspecified atom stereocenters. The van der Waals surface area contributed by atoms with E-state index in [9.17, 15) is 18.4 Å². The van der Waals surface area contributed by atoms with E-state index in [2.05, 4.69) is 4.98 Å². The summed E-state index contributed by atoms with van der Waals surface area (Å²) in [5, 5.41) is 0. The van der Waals surface area contributed by atoms with Gasteiger partial charge in [-0.2, -0.15) is 0 Å². The first kappa shape index (κ1) is 19.0. The normalized spacial score (nSPS) is 20.6. The van der Waals surface area contributed by atoms with Gasteiger partial charge in [0.2, 0.25) is 5.88 Å². The van der Waals surface area contributed by atoms with Crippen molar-refractivity contribution < 1.29 is 27.8 Å². The van der Waals surface area contributed by atoms with Crippen LogP contribution in [0.25, 0.3) is 0 Å². The number of amides is 1. The van der Waals surface area contributed by atoms with Gasteiger partial charge >= 0.3 is 0 Å². The Kier molecular flexibility index (Phi) is 4.64. The zero-order valence-corrected chi connectivity index (χ0v) is 16.2. The molecule has 1 aromatic carbocycles. The predicted octanol–water partition coefficient (Wildman–Crippen LogP) is 3.46. The molecular weight excluding hydrogens is 394 g/mol. The van der Waals surface area contributed by atoms with Crippen LogP contribution >= 0.6 is 0 Å². The molecule has 8 heteroatoms. The van der Waals surface area contributed by atoms with Crippen LogP contribution in [0.5, 0.6) is 11.6 Å². The molecule has 0 N–H and O–H groups in total. The predicted molar refractivity (Wildman–Crippen MR) is 103 cm³/mol. The van der Waals surface area contributed by atoms with Gasteiger partial charge in [-0.05, 0) is 31.2 Å². The quantitative estimate of drug-likeness (QED) is 0.724. The van der Waals surface area contributed by atoms with Crippen LogP contribution in [0.4, 0.5) is 14.5 Å². The number of nitrogens with zero attached hydrogens (tertiary/aromatic N) is 2. The second-order valence-corrected chi connectivity index (χ2v) is 7.94. The summed E-state index contributed by atoms with van der Waals surface area (Å²) < 4.78 is 40.6. The summed E-state index contributed by atoms with van der Waals surface area (Å²) in [5.74, 6) is -0.897. The minimum absolute atomic E-state index is 0.0830. The zero-order valence-electron chi connectivity index (χ0n) is 16.2. The summed E-state index contributed by atoms with van der Waals surface area (Å²) in [6.07, 6.45) is 3.59. The number of hydrogen-bond donors (Lipinski definition) is 0. The Balaban J connectivity index is 1.29. The molecule has 1 saturated heterocycles. The van der Waals surface area contributed by atoms with Crippen LogP contribution in [0, 0.1) is 17.6 Å². The summed E-state index contributed by atoms with van der Waals surface area (Å²) in [6.45, 7) is 0.817. The molecule has 2 aromatic rings. The molecule has 0 spiro atoms. The van der Waals surface area contributed by atoms with Gasteiger partial charge in [0.05, 0.1) is 24.1 Å². The molecule has 2 fully saturated rings. The molecule has 6 nitrogen and oxygen atoms in total. The van der Waals surface area contributed by atoms with Crippen molar-refractivity contribution in [1.29, 1.82) is 0 Å². The molecular formula is C22H20F2N2O4. The van der Waals surface area contributed by atoms with Crippen LogP contribution in [0.1, 0.15) is 41.6 Å². The smallest absolute Gasteiger partial charge is 0.268 e. The number of hydrogen-bond acceptors (Lipinski definition) is 5. The van der Waals surface area contributed by atoms with E-state index in [1.807, 2.05) is 0 Å². The van der Waals surface area contributed by atoms with Crippen molar-refractivity contribution in [2.45, 2.75) is 38.2 Å². The van der Waals surface area contributed by atoms with Crippen molar-refractivity contribution in [1.82, 2.24) is 4.98 Å². The Labute approximate surface area is 171 Å². The summed E-state index contributed by atoms with van der Waals surface area (Å²) in [4.78, 5) is 30.1. The van der Waals surface area contributed by atoms with Gasteiger partial charge in [-0.1, -0.05) is 0 Å². The van der Waals surface area contributed by atoms with Crippen molar-refractivity contribution in [2.75, 3.05) is 18.1 Å². The number of ether oxygens (including phenoxy) is 2. The molecule has 3 aliphatic rings. The first-order chi connectivity index (χ1) is 14.5. The molecule has 1 amide bonds. The van der Waals surface area contributed by atoms with Crippen LogP contribution in [-0.4, -0.2) is 35.9 Å². The van der Waals surface area contributed by atoms with Gasteiger partial charge in [-0.15, -0.1) is 0 Å². The van der Waals surface area contributed by atoms with Gasteiger partial charge < -0.3 is 14.4 Å². The van der Waals surface area contributed by atoms with Crippen LogP contribution in [0.15, 0.2) is 24.4 Å². The molecule has 1 aliphatic heterocycles. The lowest BCUT2D eigenvalue weighted by Crippen LogP contribution is -2.33. The van der Waals surface area contributed by atoms with Gasteiger partial charge in [-0.3, -0.25) is 9.59 Å². The molecule has 156 valence electrons. The maximum Gasteiger partial charge on any atom is 0.268 e. The molecule has 2 aliphatic carbocycles. The van der Waals surface area contributed by atoms with E-state index >= 15 is 0 Å². The number of anilines is 1. The van der Waals surface area contributed by atoms with Crippen molar-refractivity contribution in [3.8, 4) is 11.6 Å². The fourth-order valence-electron chi connectivity index (χ4n) is 3.92. The van der Waals surface area contributed by atoms with Crippen molar-refractivity contribution in [2.24, 2.45) is 5.92 Å². The van der Waals surface area contributed by atoms with Crippen LogP contribution in [0.3, 0.4) is 0 Å². The number of carbonyl (C=O) groups is 2. The topological polar surface area (TPSA) is 68.7 Å². The maximum absolute atomic E-state index is 14.9. The molecule has 0 radical (unpaired) electrons. The highest BCUT2D eigenvalue weighted by molar-refractivity contribution is 6.04. The average Bonchev–Trinajstić information content (AvgIpc) is 3.39. The Morgan fingerprint density at radius 3 is 2.70 bits per heavy atom. The van der Waals surface area contributed by atoms with Gasteiger partial charge in [0.25, 0.3) is 5.91 Å². The lowest BCUT2D eigenvalue weighted by atomic mass is 10.1. The number of Topliss-reactive ketones (excluding diaryl/α,β-unsaturated/α-hetero) is 1. The Morgan fingerprint density at radius 2 is 1.97 bits per heavy atom. The summed E-state index contributed by atoms with van der Waals surface area (Å²) in [7, 11) is 0. The van der Waals surface area contributed by atoms with Gasteiger partial charge in [0, 0.05) is 37.1 Å². The minimum atomic E-state index is -0.837. The standard InChI is InChI=1S/C22H20F2N2O4/c23-15-9-16(21(24)20-14(15)4-5-17(20)27)26-8-7-18(22(26)28)30-13-3-6-19(25-10-13)29-11-12-1-2-12/h3,6,9-10,12,18H,1-2,4-5,7-8,11H2. The third kappa shape index (κ3) is 3.40. The van der Waals surface area contributed by atoms with E-state index in [1.54, 1.807) is 12.1 Å². The van der Waals surface area contributed by atoms with Gasteiger partial charge in [-0.25, -0.2) is 13.8 Å². The lowest BCUT2D eigenvalue weighted by molar-refractivity contribution is -0.122. The largest absolute Gasteiger partial charge is 0.479 e. The molecule has 2 heterocycles. The van der Waals surface area contributed by atoms with E-state index in [-0.39, 0.29) is 36.2 Å². The highest BCUT2D eigenvalue weighted by Crippen LogP contribution is 2.35. The van der Waals surface area contributed by atoms with Crippen molar-refractivity contribution >= 4 is 17.4 Å². The fourth-order valence-corrected chi connectivity index (χ4v) is 3.92. The second-order valence-electron chi connectivity index (χ2n) is 7.94. The van der Waals surface area contributed by atoms with Gasteiger partial charge in [0.1, 0.15) is 11.6 Å². The van der Waals surface area contributed by atoms with E-state index in [4.69, 9.17) is 9.47 Å². The molecule has 1 atom stereocenters. The first-order valence-electron chi connectivity index (χ1n) is 10.1. The highest BCUT2D eigenvalue weighted by atomic mass is 19.1. The van der Waals surface area contributed by atoms with E-state index in [0.29, 0.717) is 30.6 Å².